The fourth-order valence-corrected chi connectivity index (χ4v) is 4.66. The predicted octanol–water partition coefficient (Wildman–Crippen LogP) is 3.17. The summed E-state index contributed by atoms with van der Waals surface area (Å²) < 4.78 is 1.82. The van der Waals surface area contributed by atoms with Gasteiger partial charge in [0, 0.05) is 29.4 Å². The third-order valence-corrected chi connectivity index (χ3v) is 6.00. The van der Waals surface area contributed by atoms with Crippen LogP contribution < -0.4 is 5.48 Å². The van der Waals surface area contributed by atoms with E-state index in [-0.39, 0.29) is 5.91 Å². The lowest BCUT2D eigenvalue weighted by Gasteiger charge is -2.16. The average Bonchev–Trinajstić information content (AvgIpc) is 3.26. The summed E-state index contributed by atoms with van der Waals surface area (Å²) in [5, 5.41) is 10.0. The number of nitrogens with one attached hydrogen (secondary N) is 1. The maximum absolute atomic E-state index is 13.0. The van der Waals surface area contributed by atoms with Gasteiger partial charge in [-0.2, -0.15) is 0 Å². The van der Waals surface area contributed by atoms with Crippen LogP contribution in [0.15, 0.2) is 30.3 Å². The van der Waals surface area contributed by atoms with Gasteiger partial charge in [0.15, 0.2) is 0 Å². The molecule has 0 spiro atoms. The predicted molar refractivity (Wildman–Crippen MR) is 95.1 cm³/mol. The number of aryl methyl sites for hydroxylation is 1. The van der Waals surface area contributed by atoms with Crippen LogP contribution in [0.25, 0.3) is 10.9 Å². The molecular weight excluding hydrogens is 362 g/mol. The molecule has 0 saturated carbocycles. The second-order valence-corrected chi connectivity index (χ2v) is 7.41. The highest BCUT2D eigenvalue weighted by molar-refractivity contribution is 7.14. The molecule has 2 amide bonds. The van der Waals surface area contributed by atoms with Crippen LogP contribution in [0.3, 0.4) is 0 Å². The fraction of sp³-hybridized carbons (Fsp3) is 0.176. The Labute approximate surface area is 152 Å². The van der Waals surface area contributed by atoms with Crippen LogP contribution in [-0.2, 0) is 20.1 Å². The number of thiophene rings is 1. The second kappa shape index (κ2) is 5.87. The van der Waals surface area contributed by atoms with Crippen LogP contribution in [0.2, 0.25) is 5.02 Å². The SMILES string of the molecule is Cn1c(C(=O)N2Cc3cc(C(=O)NO)sc3C2)c(Cl)c2ccccc21. The third kappa shape index (κ3) is 2.43. The van der Waals surface area contributed by atoms with Crippen molar-refractivity contribution in [1.29, 1.82) is 0 Å². The summed E-state index contributed by atoms with van der Waals surface area (Å²) >= 11 is 7.74. The molecule has 3 aromatic rings. The molecule has 0 saturated heterocycles. The number of amides is 2. The minimum atomic E-state index is -0.533. The lowest BCUT2D eigenvalue weighted by Crippen LogP contribution is -2.27. The molecule has 6 nitrogen and oxygen atoms in total. The van der Waals surface area contributed by atoms with Crippen molar-refractivity contribution in [2.45, 2.75) is 13.1 Å². The van der Waals surface area contributed by atoms with E-state index in [0.29, 0.717) is 28.7 Å². The van der Waals surface area contributed by atoms with Gasteiger partial charge in [-0.1, -0.05) is 29.8 Å². The van der Waals surface area contributed by atoms with E-state index >= 15 is 0 Å². The van der Waals surface area contributed by atoms with E-state index in [4.69, 9.17) is 16.8 Å². The van der Waals surface area contributed by atoms with Crippen molar-refractivity contribution in [2.75, 3.05) is 0 Å². The van der Waals surface area contributed by atoms with E-state index in [0.717, 1.165) is 21.3 Å². The normalized spacial score (nSPS) is 13.3. The topological polar surface area (TPSA) is 74.6 Å². The summed E-state index contributed by atoms with van der Waals surface area (Å²) in [6.45, 7) is 0.844. The number of hydroxylamine groups is 1. The van der Waals surface area contributed by atoms with Crippen molar-refractivity contribution < 1.29 is 14.8 Å². The Morgan fingerprint density at radius 2 is 2.04 bits per heavy atom. The van der Waals surface area contributed by atoms with Gasteiger partial charge in [0.1, 0.15) is 5.69 Å². The molecule has 8 heteroatoms. The van der Waals surface area contributed by atoms with Crippen LogP contribution >= 0.6 is 22.9 Å². The molecule has 0 atom stereocenters. The van der Waals surface area contributed by atoms with Crippen molar-refractivity contribution in [3.05, 3.63) is 56.4 Å². The quantitative estimate of drug-likeness (QED) is 0.533. The number of halogens is 1. The molecule has 1 aliphatic heterocycles. The number of carbonyl (C=O) groups excluding carboxylic acids is 2. The summed E-state index contributed by atoms with van der Waals surface area (Å²) in [4.78, 5) is 27.6. The largest absolute Gasteiger partial charge is 0.338 e. The maximum Gasteiger partial charge on any atom is 0.284 e. The Balaban J connectivity index is 1.65. The highest BCUT2D eigenvalue weighted by atomic mass is 35.5. The van der Waals surface area contributed by atoms with Gasteiger partial charge >= 0.3 is 0 Å². The number of hydrogen-bond acceptors (Lipinski definition) is 4. The smallest absolute Gasteiger partial charge is 0.284 e. The van der Waals surface area contributed by atoms with Crippen molar-refractivity contribution >= 4 is 45.7 Å². The van der Waals surface area contributed by atoms with Crippen molar-refractivity contribution in [3.63, 3.8) is 0 Å². The first-order chi connectivity index (χ1) is 12.0. The molecule has 2 aromatic heterocycles. The van der Waals surface area contributed by atoms with Crippen molar-refractivity contribution in [1.82, 2.24) is 14.9 Å². The highest BCUT2D eigenvalue weighted by Gasteiger charge is 2.31. The van der Waals surface area contributed by atoms with E-state index in [2.05, 4.69) is 0 Å². The number of fused-ring (bicyclic) bond motifs is 2. The summed E-state index contributed by atoms with van der Waals surface area (Å²) in [5.74, 6) is -0.672. The monoisotopic (exact) mass is 375 g/mol. The lowest BCUT2D eigenvalue weighted by atomic mass is 10.2. The van der Waals surface area contributed by atoms with Gasteiger partial charge in [0.25, 0.3) is 11.8 Å². The molecule has 0 fully saturated rings. The molecule has 0 aliphatic carbocycles. The molecule has 2 N–H and O–H groups in total. The summed E-state index contributed by atoms with van der Waals surface area (Å²) in [5.41, 5.74) is 3.93. The number of para-hydroxylation sites is 1. The van der Waals surface area contributed by atoms with E-state index in [1.807, 2.05) is 35.9 Å². The van der Waals surface area contributed by atoms with Crippen molar-refractivity contribution in [2.24, 2.45) is 7.05 Å². The van der Waals surface area contributed by atoms with Gasteiger partial charge in [-0.15, -0.1) is 11.3 Å². The van der Waals surface area contributed by atoms with E-state index in [9.17, 15) is 9.59 Å². The van der Waals surface area contributed by atoms with E-state index < -0.39 is 5.91 Å². The molecule has 128 valence electrons. The van der Waals surface area contributed by atoms with Crippen molar-refractivity contribution in [3.8, 4) is 0 Å². The van der Waals surface area contributed by atoms with Crippen LogP contribution in [-0.4, -0.2) is 26.5 Å². The Kier molecular flexibility index (Phi) is 3.79. The van der Waals surface area contributed by atoms with Gasteiger partial charge in [-0.25, -0.2) is 5.48 Å². The maximum atomic E-state index is 13.0. The molecule has 0 unspecified atom stereocenters. The number of benzene rings is 1. The molecular formula is C17H14ClN3O3S. The van der Waals surface area contributed by atoms with Gasteiger partial charge in [-0.3, -0.25) is 14.8 Å². The average molecular weight is 376 g/mol. The highest BCUT2D eigenvalue weighted by Crippen LogP contribution is 2.35. The van der Waals surface area contributed by atoms with Crippen LogP contribution in [0.4, 0.5) is 0 Å². The first-order valence-corrected chi connectivity index (χ1v) is 8.79. The minimum absolute atomic E-state index is 0.139. The molecule has 4 rings (SSSR count). The Hall–Kier alpha value is -2.35. The summed E-state index contributed by atoms with van der Waals surface area (Å²) in [6.07, 6.45) is 0. The summed E-state index contributed by atoms with van der Waals surface area (Å²) in [6, 6.07) is 9.34. The molecule has 1 aliphatic rings. The van der Waals surface area contributed by atoms with Crippen LogP contribution in [0.5, 0.6) is 0 Å². The third-order valence-electron chi connectivity index (χ3n) is 4.45. The minimum Gasteiger partial charge on any atom is -0.338 e. The molecule has 1 aromatic carbocycles. The second-order valence-electron chi connectivity index (χ2n) is 5.90. The molecule has 0 bridgehead atoms. The first-order valence-electron chi connectivity index (χ1n) is 7.59. The fourth-order valence-electron chi connectivity index (χ4n) is 3.21. The zero-order valence-corrected chi connectivity index (χ0v) is 14.8. The number of nitrogens with zero attached hydrogens (tertiary/aromatic N) is 2. The van der Waals surface area contributed by atoms with Crippen LogP contribution in [0, 0.1) is 0 Å². The standard InChI is InChI=1S/C17H14ClN3O3S/c1-20-11-5-3-2-4-10(11)14(18)15(20)17(23)21-7-9-6-12(16(22)19-24)25-13(9)8-21/h2-6,24H,7-8H2,1H3,(H,19,22). The number of hydrogen-bond donors (Lipinski definition) is 2. The molecule has 25 heavy (non-hydrogen) atoms. The zero-order chi connectivity index (χ0) is 17.7. The number of aromatic nitrogens is 1. The summed E-state index contributed by atoms with van der Waals surface area (Å²) in [7, 11) is 1.83. The lowest BCUT2D eigenvalue weighted by molar-refractivity contribution is 0.0711. The number of rotatable bonds is 2. The van der Waals surface area contributed by atoms with Gasteiger partial charge in [0.2, 0.25) is 0 Å². The van der Waals surface area contributed by atoms with Crippen LogP contribution in [0.1, 0.15) is 30.6 Å². The van der Waals surface area contributed by atoms with Gasteiger partial charge in [0.05, 0.1) is 16.4 Å². The molecule has 0 radical (unpaired) electrons. The van der Waals surface area contributed by atoms with E-state index in [1.54, 1.807) is 16.4 Å². The van der Waals surface area contributed by atoms with Gasteiger partial charge in [-0.05, 0) is 17.7 Å². The first kappa shape index (κ1) is 16.1. The van der Waals surface area contributed by atoms with E-state index in [1.165, 1.54) is 11.3 Å². The van der Waals surface area contributed by atoms with Gasteiger partial charge < -0.3 is 9.47 Å². The Morgan fingerprint density at radius 3 is 2.72 bits per heavy atom. The Morgan fingerprint density at radius 1 is 1.28 bits per heavy atom. The zero-order valence-electron chi connectivity index (χ0n) is 13.2. The molecule has 3 heterocycles. The number of carbonyl (C=O) groups is 2. The Bertz CT molecular complexity index is 961.